The lowest BCUT2D eigenvalue weighted by molar-refractivity contribution is 0.0598. The third-order valence-electron chi connectivity index (χ3n) is 3.44. The first-order valence-corrected chi connectivity index (χ1v) is 7.08. The van der Waals surface area contributed by atoms with Crippen LogP contribution in [0.2, 0.25) is 0 Å². The molecule has 106 valence electrons. The second-order valence-corrected chi connectivity index (χ2v) is 5.42. The Morgan fingerprint density at radius 3 is 2.89 bits per heavy atom. The first-order chi connectivity index (χ1) is 9.13. The third kappa shape index (κ3) is 3.16. The molecule has 1 atom stereocenters. The van der Waals surface area contributed by atoms with Gasteiger partial charge in [-0.05, 0) is 37.2 Å². The lowest BCUT2D eigenvalue weighted by Crippen LogP contribution is -2.31. The van der Waals surface area contributed by atoms with Crippen LogP contribution in [0.25, 0.3) is 0 Å². The van der Waals surface area contributed by atoms with Gasteiger partial charge in [0.25, 0.3) is 0 Å². The molecule has 1 unspecified atom stereocenters. The van der Waals surface area contributed by atoms with E-state index in [1.54, 1.807) is 0 Å². The second kappa shape index (κ2) is 6.21. The van der Waals surface area contributed by atoms with Gasteiger partial charge < -0.3 is 20.5 Å². The van der Waals surface area contributed by atoms with Gasteiger partial charge in [-0.3, -0.25) is 0 Å². The molecule has 0 spiro atoms. The highest BCUT2D eigenvalue weighted by atomic mass is 32.1. The van der Waals surface area contributed by atoms with Crippen LogP contribution in [0, 0.1) is 5.92 Å². The SMILES string of the molecule is COC(=O)c1c(N)nsc1NC(C)C1CCOCC1. The molecule has 1 aliphatic heterocycles. The largest absolute Gasteiger partial charge is 0.465 e. The number of hydrogen-bond donors (Lipinski definition) is 2. The van der Waals surface area contributed by atoms with E-state index < -0.39 is 5.97 Å². The highest BCUT2D eigenvalue weighted by molar-refractivity contribution is 7.11. The van der Waals surface area contributed by atoms with Crippen molar-refractivity contribution < 1.29 is 14.3 Å². The van der Waals surface area contributed by atoms with Crippen LogP contribution in [0.1, 0.15) is 30.1 Å². The third-order valence-corrected chi connectivity index (χ3v) is 4.23. The van der Waals surface area contributed by atoms with Gasteiger partial charge in [-0.2, -0.15) is 4.37 Å². The average molecular weight is 285 g/mol. The Labute approximate surface area is 116 Å². The van der Waals surface area contributed by atoms with Crippen molar-refractivity contribution in [3.05, 3.63) is 5.56 Å². The fraction of sp³-hybridized carbons (Fsp3) is 0.667. The Morgan fingerprint density at radius 2 is 2.26 bits per heavy atom. The fourth-order valence-electron chi connectivity index (χ4n) is 2.24. The number of carbonyl (C=O) groups excluding carboxylic acids is 1. The molecule has 1 aromatic rings. The number of nitrogens with one attached hydrogen (secondary N) is 1. The van der Waals surface area contributed by atoms with Gasteiger partial charge in [0, 0.05) is 19.3 Å². The maximum absolute atomic E-state index is 11.7. The normalized spacial score (nSPS) is 18.0. The molecule has 1 saturated heterocycles. The Hall–Kier alpha value is -1.34. The number of hydrogen-bond acceptors (Lipinski definition) is 7. The summed E-state index contributed by atoms with van der Waals surface area (Å²) in [5, 5.41) is 4.02. The van der Waals surface area contributed by atoms with Gasteiger partial charge in [0.1, 0.15) is 10.6 Å². The van der Waals surface area contributed by atoms with Crippen molar-refractivity contribution in [2.24, 2.45) is 5.92 Å². The fourth-order valence-corrected chi connectivity index (χ4v) is 3.04. The lowest BCUT2D eigenvalue weighted by atomic mass is 9.93. The van der Waals surface area contributed by atoms with Crippen LogP contribution in [0.3, 0.4) is 0 Å². The number of nitrogens with two attached hydrogens (primary N) is 1. The average Bonchev–Trinajstić information content (AvgIpc) is 2.80. The predicted molar refractivity (Wildman–Crippen MR) is 74.5 cm³/mol. The van der Waals surface area contributed by atoms with Crippen LogP contribution < -0.4 is 11.1 Å². The monoisotopic (exact) mass is 285 g/mol. The van der Waals surface area contributed by atoms with Crippen molar-refractivity contribution in [1.29, 1.82) is 0 Å². The number of anilines is 2. The van der Waals surface area contributed by atoms with Crippen molar-refractivity contribution >= 4 is 28.3 Å². The van der Waals surface area contributed by atoms with Gasteiger partial charge in [0.15, 0.2) is 5.82 Å². The summed E-state index contributed by atoms with van der Waals surface area (Å²) in [6, 6.07) is 0.243. The zero-order chi connectivity index (χ0) is 13.8. The van der Waals surface area contributed by atoms with Crippen LogP contribution in [-0.2, 0) is 9.47 Å². The van der Waals surface area contributed by atoms with E-state index in [-0.39, 0.29) is 11.9 Å². The number of carbonyl (C=O) groups is 1. The van der Waals surface area contributed by atoms with E-state index in [0.29, 0.717) is 16.5 Å². The number of esters is 1. The second-order valence-electron chi connectivity index (χ2n) is 4.65. The van der Waals surface area contributed by atoms with Gasteiger partial charge in [-0.25, -0.2) is 4.79 Å². The molecule has 1 fully saturated rings. The van der Waals surface area contributed by atoms with Crippen molar-refractivity contribution in [2.45, 2.75) is 25.8 Å². The van der Waals surface area contributed by atoms with Crippen molar-refractivity contribution in [2.75, 3.05) is 31.4 Å². The summed E-state index contributed by atoms with van der Waals surface area (Å²) in [5.74, 6) is 0.300. The van der Waals surface area contributed by atoms with Crippen molar-refractivity contribution in [3.8, 4) is 0 Å². The number of rotatable bonds is 4. The molecule has 0 aromatic carbocycles. The zero-order valence-electron chi connectivity index (χ0n) is 11.1. The van der Waals surface area contributed by atoms with E-state index in [1.807, 2.05) is 0 Å². The van der Waals surface area contributed by atoms with Crippen LogP contribution >= 0.6 is 11.5 Å². The van der Waals surface area contributed by atoms with E-state index >= 15 is 0 Å². The molecule has 0 radical (unpaired) electrons. The van der Waals surface area contributed by atoms with Crippen LogP contribution in [0.4, 0.5) is 10.8 Å². The first kappa shape index (κ1) is 14.1. The molecule has 2 rings (SSSR count). The standard InChI is InChI=1S/C12H19N3O3S/c1-7(8-3-5-18-6-4-8)14-11-9(12(16)17-2)10(13)15-19-11/h7-8,14H,3-6H2,1-2H3,(H2,13,15). The topological polar surface area (TPSA) is 86.5 Å². The Balaban J connectivity index is 2.08. The maximum Gasteiger partial charge on any atom is 0.344 e. The van der Waals surface area contributed by atoms with Gasteiger partial charge in [0.05, 0.1) is 7.11 Å². The highest BCUT2D eigenvalue weighted by Gasteiger charge is 2.25. The molecule has 0 saturated carbocycles. The van der Waals surface area contributed by atoms with Gasteiger partial charge in [-0.15, -0.1) is 0 Å². The molecule has 1 aliphatic rings. The predicted octanol–water partition coefficient (Wildman–Crippen LogP) is 1.74. The smallest absolute Gasteiger partial charge is 0.344 e. The minimum Gasteiger partial charge on any atom is -0.465 e. The minimum absolute atomic E-state index is 0.221. The summed E-state index contributed by atoms with van der Waals surface area (Å²) in [7, 11) is 1.34. The van der Waals surface area contributed by atoms with E-state index in [9.17, 15) is 4.79 Å². The summed E-state index contributed by atoms with van der Waals surface area (Å²) < 4.78 is 14.1. The summed E-state index contributed by atoms with van der Waals surface area (Å²) in [6.45, 7) is 3.70. The van der Waals surface area contributed by atoms with Crippen LogP contribution in [-0.4, -0.2) is 36.7 Å². The number of ether oxygens (including phenoxy) is 2. The molecular formula is C12H19N3O3S. The molecule has 7 heteroatoms. The lowest BCUT2D eigenvalue weighted by Gasteiger charge is -2.28. The molecule has 0 aliphatic carbocycles. The number of nitrogen functional groups attached to an aromatic ring is 1. The molecule has 1 aromatic heterocycles. The summed E-state index contributed by atoms with van der Waals surface area (Å²) in [5.41, 5.74) is 6.05. The first-order valence-electron chi connectivity index (χ1n) is 6.31. The number of methoxy groups -OCH3 is 1. The zero-order valence-corrected chi connectivity index (χ0v) is 12.0. The Kier molecular flexibility index (Phi) is 4.60. The molecule has 6 nitrogen and oxygen atoms in total. The van der Waals surface area contributed by atoms with Crippen LogP contribution in [0.15, 0.2) is 0 Å². The summed E-state index contributed by atoms with van der Waals surface area (Å²) in [6.07, 6.45) is 2.05. The maximum atomic E-state index is 11.7. The summed E-state index contributed by atoms with van der Waals surface area (Å²) in [4.78, 5) is 11.7. The Bertz CT molecular complexity index is 443. The van der Waals surface area contributed by atoms with Crippen molar-refractivity contribution in [3.63, 3.8) is 0 Å². The van der Waals surface area contributed by atoms with E-state index in [4.69, 9.17) is 15.2 Å². The minimum atomic E-state index is -0.451. The van der Waals surface area contributed by atoms with E-state index in [0.717, 1.165) is 26.1 Å². The molecular weight excluding hydrogens is 266 g/mol. The summed E-state index contributed by atoms with van der Waals surface area (Å²) >= 11 is 1.19. The van der Waals surface area contributed by atoms with Gasteiger partial charge >= 0.3 is 5.97 Å². The number of nitrogens with zero attached hydrogens (tertiary/aromatic N) is 1. The quantitative estimate of drug-likeness (QED) is 0.819. The molecule has 0 amide bonds. The highest BCUT2D eigenvalue weighted by Crippen LogP contribution is 2.30. The van der Waals surface area contributed by atoms with E-state index in [1.165, 1.54) is 18.6 Å². The Morgan fingerprint density at radius 1 is 1.58 bits per heavy atom. The van der Waals surface area contributed by atoms with Crippen molar-refractivity contribution in [1.82, 2.24) is 4.37 Å². The molecule has 2 heterocycles. The molecule has 0 bridgehead atoms. The van der Waals surface area contributed by atoms with E-state index in [2.05, 4.69) is 16.6 Å². The van der Waals surface area contributed by atoms with Gasteiger partial charge in [0.2, 0.25) is 0 Å². The molecule has 19 heavy (non-hydrogen) atoms. The number of aromatic nitrogens is 1. The van der Waals surface area contributed by atoms with Crippen LogP contribution in [0.5, 0.6) is 0 Å². The van der Waals surface area contributed by atoms with Gasteiger partial charge in [-0.1, -0.05) is 0 Å². The molecule has 3 N–H and O–H groups in total.